The Hall–Kier alpha value is -1.38. The summed E-state index contributed by atoms with van der Waals surface area (Å²) >= 11 is 0. The lowest BCUT2D eigenvalue weighted by molar-refractivity contribution is -0.538. The van der Waals surface area contributed by atoms with Crippen LogP contribution in [0.1, 0.15) is 142 Å². The summed E-state index contributed by atoms with van der Waals surface area (Å²) in [5.74, 6) is -4.99. The summed E-state index contributed by atoms with van der Waals surface area (Å²) in [6.07, 6.45) is 2.44. The molecule has 0 aromatic heterocycles. The number of carboxylic acids is 2. The third-order valence-electron chi connectivity index (χ3n) is 4.54. The van der Waals surface area contributed by atoms with Gasteiger partial charge in [-0.3, -0.25) is 9.59 Å². The van der Waals surface area contributed by atoms with Crippen molar-refractivity contribution in [2.45, 2.75) is 176 Å². The quantitative estimate of drug-likeness (QED) is 0.0949. The molecule has 2 N–H and O–H groups in total. The monoisotopic (exact) mass is 612 g/mol. The largest absolute Gasteiger partial charge is 0.481 e. The Bertz CT molecular complexity index is 733. The minimum absolute atomic E-state index is 0.106. The maximum atomic E-state index is 11.5. The summed E-state index contributed by atoms with van der Waals surface area (Å²) in [4.78, 5) is 64.6. The molecular formula is C30H60O12. The summed E-state index contributed by atoms with van der Waals surface area (Å²) in [6, 6.07) is 0. The Morgan fingerprint density at radius 3 is 1.17 bits per heavy atom. The molecule has 0 saturated carbocycles. The number of rotatable bonds is 17. The molecule has 252 valence electrons. The van der Waals surface area contributed by atoms with Crippen LogP contribution in [0.15, 0.2) is 0 Å². The van der Waals surface area contributed by atoms with Crippen molar-refractivity contribution in [3.05, 3.63) is 0 Å². The zero-order valence-electron chi connectivity index (χ0n) is 28.8. The van der Waals surface area contributed by atoms with E-state index in [2.05, 4.69) is 0 Å². The minimum Gasteiger partial charge on any atom is -0.481 e. The van der Waals surface area contributed by atoms with Crippen molar-refractivity contribution in [3.8, 4) is 0 Å². The second-order valence-electron chi connectivity index (χ2n) is 14.7. The van der Waals surface area contributed by atoms with Crippen molar-refractivity contribution >= 4 is 11.9 Å². The molecule has 12 heteroatoms. The highest BCUT2D eigenvalue weighted by atomic mass is 17.3. The normalized spacial score (nSPS) is 14.3. The van der Waals surface area contributed by atoms with Crippen molar-refractivity contribution < 1.29 is 58.9 Å². The number of hydrogen-bond donors (Lipinski definition) is 2. The van der Waals surface area contributed by atoms with E-state index in [1.807, 2.05) is 90.0 Å². The molecule has 0 saturated heterocycles. The van der Waals surface area contributed by atoms with E-state index in [1.165, 1.54) is 0 Å². The Morgan fingerprint density at radius 2 is 0.905 bits per heavy atom. The van der Waals surface area contributed by atoms with Crippen LogP contribution in [0.4, 0.5) is 0 Å². The van der Waals surface area contributed by atoms with Crippen molar-refractivity contribution in [1.82, 2.24) is 0 Å². The molecule has 0 aliphatic heterocycles. The fourth-order valence-electron chi connectivity index (χ4n) is 2.58. The standard InChI is InChI=1S/C17H34O6.C13H26O6/c1-9-10-11-13(14(18)19)12-17(8,22-20-15(2,3)4)23-21-16(5,6)7;1-11(2,3)16-18-13(7,9-8-10(14)15)19-17-12(4,5)6/h13H,9-12H2,1-8H3,(H,18,19);8-9H2,1-7H3,(H,14,15). The van der Waals surface area contributed by atoms with Gasteiger partial charge in [-0.2, -0.15) is 19.6 Å². The van der Waals surface area contributed by atoms with Gasteiger partial charge in [0.2, 0.25) is 11.6 Å². The lowest BCUT2D eigenvalue weighted by Gasteiger charge is -2.34. The van der Waals surface area contributed by atoms with Gasteiger partial charge in [0.15, 0.2) is 0 Å². The highest BCUT2D eigenvalue weighted by Gasteiger charge is 2.38. The van der Waals surface area contributed by atoms with Crippen LogP contribution < -0.4 is 0 Å². The number of hydrogen-bond acceptors (Lipinski definition) is 10. The molecule has 0 rings (SSSR count). The predicted molar refractivity (Wildman–Crippen MR) is 157 cm³/mol. The molecule has 0 aliphatic rings. The summed E-state index contributed by atoms with van der Waals surface area (Å²) in [5.41, 5.74) is -2.16. The molecular weight excluding hydrogens is 552 g/mol. The number of carboxylic acid groups (broad SMARTS) is 2. The van der Waals surface area contributed by atoms with Crippen LogP contribution in [-0.4, -0.2) is 56.1 Å². The molecule has 0 aromatic rings. The van der Waals surface area contributed by atoms with E-state index in [9.17, 15) is 14.7 Å². The molecule has 1 atom stereocenters. The highest BCUT2D eigenvalue weighted by Crippen LogP contribution is 2.30. The lowest BCUT2D eigenvalue weighted by atomic mass is 9.94. The number of unbranched alkanes of at least 4 members (excludes halogenated alkanes) is 1. The van der Waals surface area contributed by atoms with E-state index in [0.717, 1.165) is 12.8 Å². The minimum atomic E-state index is -1.31. The number of carbonyl (C=O) groups is 2. The first-order valence-corrected chi connectivity index (χ1v) is 14.5. The van der Waals surface area contributed by atoms with E-state index >= 15 is 0 Å². The van der Waals surface area contributed by atoms with Crippen molar-refractivity contribution in [2.75, 3.05) is 0 Å². The molecule has 0 amide bonds. The summed E-state index contributed by atoms with van der Waals surface area (Å²) in [7, 11) is 0. The van der Waals surface area contributed by atoms with Crippen LogP contribution in [0.2, 0.25) is 0 Å². The van der Waals surface area contributed by atoms with Gasteiger partial charge in [-0.05, 0) is 103 Å². The van der Waals surface area contributed by atoms with Gasteiger partial charge < -0.3 is 10.2 Å². The summed E-state index contributed by atoms with van der Waals surface area (Å²) in [5, 5.41) is 18.2. The smallest absolute Gasteiger partial charge is 0.306 e. The lowest BCUT2D eigenvalue weighted by Crippen LogP contribution is -2.41. The molecule has 0 radical (unpaired) electrons. The second kappa shape index (κ2) is 17.8. The molecule has 0 spiro atoms. The van der Waals surface area contributed by atoms with E-state index in [0.29, 0.717) is 6.42 Å². The van der Waals surface area contributed by atoms with E-state index in [-0.39, 0.29) is 19.3 Å². The Labute approximate surface area is 253 Å². The van der Waals surface area contributed by atoms with Gasteiger partial charge in [0.05, 0.1) is 34.7 Å². The van der Waals surface area contributed by atoms with Gasteiger partial charge in [0.1, 0.15) is 0 Å². The maximum Gasteiger partial charge on any atom is 0.306 e. The average Bonchev–Trinajstić information content (AvgIpc) is 2.79. The molecule has 42 heavy (non-hydrogen) atoms. The van der Waals surface area contributed by atoms with Gasteiger partial charge in [-0.15, -0.1) is 0 Å². The fourth-order valence-corrected chi connectivity index (χ4v) is 2.58. The zero-order chi connectivity index (χ0) is 33.6. The Kier molecular flexibility index (Phi) is 18.1. The van der Waals surface area contributed by atoms with Gasteiger partial charge in [0, 0.05) is 12.8 Å². The van der Waals surface area contributed by atoms with Gasteiger partial charge in [0.25, 0.3) is 0 Å². The van der Waals surface area contributed by atoms with Crippen LogP contribution in [0.5, 0.6) is 0 Å². The molecule has 1 unspecified atom stereocenters. The van der Waals surface area contributed by atoms with E-state index in [4.69, 9.17) is 44.2 Å². The molecule has 0 aliphatic carbocycles. The first-order chi connectivity index (χ1) is 18.6. The third-order valence-corrected chi connectivity index (χ3v) is 4.54. The van der Waals surface area contributed by atoms with Crippen molar-refractivity contribution in [3.63, 3.8) is 0 Å². The van der Waals surface area contributed by atoms with Gasteiger partial charge >= 0.3 is 11.9 Å². The van der Waals surface area contributed by atoms with Crippen molar-refractivity contribution in [2.24, 2.45) is 5.92 Å². The molecule has 12 nitrogen and oxygen atoms in total. The van der Waals surface area contributed by atoms with Gasteiger partial charge in [-0.1, -0.05) is 19.8 Å². The fraction of sp³-hybridized carbons (Fsp3) is 0.933. The van der Waals surface area contributed by atoms with E-state index < -0.39 is 51.8 Å². The Balaban J connectivity index is 0. The highest BCUT2D eigenvalue weighted by molar-refractivity contribution is 5.70. The maximum absolute atomic E-state index is 11.5. The molecule has 0 aromatic carbocycles. The predicted octanol–water partition coefficient (Wildman–Crippen LogP) is 7.54. The SMILES string of the molecule is CC(C)(C)OOC(C)(CCC(=O)O)OOC(C)(C)C.CCCCC(CC(C)(OOC(C)(C)C)OOC(C)(C)C)C(=O)O. The van der Waals surface area contributed by atoms with Crippen molar-refractivity contribution in [1.29, 1.82) is 0 Å². The van der Waals surface area contributed by atoms with E-state index in [1.54, 1.807) is 13.8 Å². The van der Waals surface area contributed by atoms with Gasteiger partial charge in [-0.25, -0.2) is 19.6 Å². The van der Waals surface area contributed by atoms with Crippen LogP contribution in [-0.2, 0) is 48.7 Å². The van der Waals surface area contributed by atoms with Crippen LogP contribution >= 0.6 is 0 Å². The zero-order valence-corrected chi connectivity index (χ0v) is 28.8. The summed E-state index contributed by atoms with van der Waals surface area (Å²) in [6.45, 7) is 27.1. The Morgan fingerprint density at radius 1 is 0.571 bits per heavy atom. The van der Waals surface area contributed by atoms with Crippen LogP contribution in [0.3, 0.4) is 0 Å². The van der Waals surface area contributed by atoms with Crippen LogP contribution in [0.25, 0.3) is 0 Å². The average molecular weight is 613 g/mol. The molecule has 0 bridgehead atoms. The summed E-state index contributed by atoms with van der Waals surface area (Å²) < 4.78 is 0. The topological polar surface area (TPSA) is 148 Å². The molecule has 0 fully saturated rings. The molecule has 0 heterocycles. The second-order valence-corrected chi connectivity index (χ2v) is 14.7. The van der Waals surface area contributed by atoms with Crippen LogP contribution in [0, 0.1) is 5.92 Å². The number of aliphatic carboxylic acids is 2. The third kappa shape index (κ3) is 26.3. The first-order valence-electron chi connectivity index (χ1n) is 14.5. The first kappa shape index (κ1) is 42.8.